The lowest BCUT2D eigenvalue weighted by Gasteiger charge is -2.12. The van der Waals surface area contributed by atoms with E-state index in [-0.39, 0.29) is 0 Å². The second-order valence-electron chi connectivity index (χ2n) is 3.36. The van der Waals surface area contributed by atoms with Crippen molar-refractivity contribution in [2.75, 3.05) is 14.1 Å². The van der Waals surface area contributed by atoms with E-state index >= 15 is 0 Å². The van der Waals surface area contributed by atoms with E-state index in [1.165, 1.54) is 0 Å². The van der Waals surface area contributed by atoms with Crippen LogP contribution in [-0.4, -0.2) is 44.2 Å². The lowest BCUT2D eigenvalue weighted by molar-refractivity contribution is 0.604. The number of thiocarbonyl (C=S) groups is 1. The maximum Gasteiger partial charge on any atom is 0.150 e. The minimum Gasteiger partial charge on any atom is -0.372 e. The van der Waals surface area contributed by atoms with Crippen molar-refractivity contribution < 1.29 is 0 Å². The molecular formula is C8H15N5S. The average molecular weight is 213 g/mol. The Bertz CT molecular complexity index is 306. The Morgan fingerprint density at radius 2 is 2.21 bits per heavy atom. The lowest BCUT2D eigenvalue weighted by Crippen LogP contribution is -2.19. The van der Waals surface area contributed by atoms with Gasteiger partial charge in [-0.15, -0.1) is 5.10 Å². The van der Waals surface area contributed by atoms with Crippen LogP contribution in [0.3, 0.4) is 0 Å². The van der Waals surface area contributed by atoms with Crippen LogP contribution in [0.2, 0.25) is 0 Å². The Balaban J connectivity index is 2.29. The minimum atomic E-state index is 0.872. The van der Waals surface area contributed by atoms with Gasteiger partial charge < -0.3 is 4.90 Å². The average Bonchev–Trinajstić information content (AvgIpc) is 2.51. The third-order valence-corrected chi connectivity index (χ3v) is 2.57. The number of hydrogen-bond acceptors (Lipinski definition) is 4. The second kappa shape index (κ2) is 4.99. The number of aryl methyl sites for hydroxylation is 2. The summed E-state index contributed by atoms with van der Waals surface area (Å²) in [6, 6.07) is 0. The first-order valence-corrected chi connectivity index (χ1v) is 4.93. The van der Waals surface area contributed by atoms with Gasteiger partial charge in [-0.2, -0.15) is 0 Å². The highest BCUT2D eigenvalue weighted by atomic mass is 32.1. The Morgan fingerprint density at radius 1 is 1.50 bits per heavy atom. The van der Waals surface area contributed by atoms with Gasteiger partial charge in [0.25, 0.3) is 0 Å². The summed E-state index contributed by atoms with van der Waals surface area (Å²) < 4.78 is 1.69. The Kier molecular flexibility index (Phi) is 3.94. The Labute approximate surface area is 89.1 Å². The molecule has 0 aliphatic heterocycles. The van der Waals surface area contributed by atoms with Crippen molar-refractivity contribution in [1.82, 2.24) is 25.1 Å². The SMILES string of the molecule is CN(C)C(=S)CCCc1nnnn1C. The van der Waals surface area contributed by atoms with Gasteiger partial charge in [0.15, 0.2) is 5.82 Å². The standard InChI is InChI=1S/C8H15N5S/c1-12(2)8(14)6-4-5-7-9-10-11-13(7)3/h4-6H2,1-3H3. The van der Waals surface area contributed by atoms with Crippen LogP contribution in [0.5, 0.6) is 0 Å². The molecule has 0 N–H and O–H groups in total. The summed E-state index contributed by atoms with van der Waals surface area (Å²) in [5.41, 5.74) is 0. The second-order valence-corrected chi connectivity index (χ2v) is 3.83. The molecule has 1 heterocycles. The number of tetrazole rings is 1. The van der Waals surface area contributed by atoms with E-state index in [0.717, 1.165) is 30.1 Å². The van der Waals surface area contributed by atoms with Gasteiger partial charge in [0.05, 0.1) is 4.99 Å². The summed E-state index contributed by atoms with van der Waals surface area (Å²) in [6.07, 6.45) is 2.78. The maximum absolute atomic E-state index is 5.17. The van der Waals surface area contributed by atoms with Gasteiger partial charge in [-0.3, -0.25) is 0 Å². The molecule has 6 heteroatoms. The fourth-order valence-corrected chi connectivity index (χ4v) is 1.23. The van der Waals surface area contributed by atoms with Gasteiger partial charge in [-0.1, -0.05) is 12.2 Å². The van der Waals surface area contributed by atoms with Crippen molar-refractivity contribution in [2.45, 2.75) is 19.3 Å². The van der Waals surface area contributed by atoms with Crippen LogP contribution in [0.25, 0.3) is 0 Å². The quantitative estimate of drug-likeness (QED) is 0.678. The maximum atomic E-state index is 5.17. The van der Waals surface area contributed by atoms with Gasteiger partial charge in [-0.05, 0) is 23.3 Å². The van der Waals surface area contributed by atoms with Gasteiger partial charge >= 0.3 is 0 Å². The van der Waals surface area contributed by atoms with Gasteiger partial charge in [0.1, 0.15) is 0 Å². The molecule has 14 heavy (non-hydrogen) atoms. The molecule has 0 unspecified atom stereocenters. The number of hydrogen-bond donors (Lipinski definition) is 0. The van der Waals surface area contributed by atoms with Crippen LogP contribution in [0.15, 0.2) is 0 Å². The molecule has 0 bridgehead atoms. The van der Waals surface area contributed by atoms with Crippen molar-refractivity contribution in [1.29, 1.82) is 0 Å². The fourth-order valence-electron chi connectivity index (χ4n) is 1.08. The molecule has 0 saturated carbocycles. The molecule has 1 aromatic rings. The summed E-state index contributed by atoms with van der Waals surface area (Å²) in [7, 11) is 5.78. The van der Waals surface area contributed by atoms with Crippen molar-refractivity contribution in [3.05, 3.63) is 5.82 Å². The van der Waals surface area contributed by atoms with Crippen molar-refractivity contribution in [3.63, 3.8) is 0 Å². The highest BCUT2D eigenvalue weighted by Crippen LogP contribution is 2.02. The first-order valence-electron chi connectivity index (χ1n) is 4.52. The zero-order chi connectivity index (χ0) is 10.6. The van der Waals surface area contributed by atoms with Crippen LogP contribution in [0.4, 0.5) is 0 Å². The van der Waals surface area contributed by atoms with Gasteiger partial charge in [0, 0.05) is 27.6 Å². The van der Waals surface area contributed by atoms with Crippen LogP contribution in [0.1, 0.15) is 18.7 Å². The lowest BCUT2D eigenvalue weighted by atomic mass is 10.2. The molecule has 0 spiro atoms. The van der Waals surface area contributed by atoms with Gasteiger partial charge in [-0.25, -0.2) is 4.68 Å². The molecule has 0 saturated heterocycles. The first kappa shape index (κ1) is 11.0. The predicted octanol–water partition coefficient (Wildman–Crippen LogP) is 0.422. The summed E-state index contributed by atoms with van der Waals surface area (Å²) in [5.74, 6) is 0.909. The topological polar surface area (TPSA) is 46.8 Å². The zero-order valence-corrected chi connectivity index (χ0v) is 9.58. The molecule has 0 fully saturated rings. The normalized spacial score (nSPS) is 10.2. The van der Waals surface area contributed by atoms with Crippen LogP contribution in [0, 0.1) is 0 Å². The monoisotopic (exact) mass is 213 g/mol. The predicted molar refractivity (Wildman–Crippen MR) is 58.0 cm³/mol. The molecule has 1 rings (SSSR count). The summed E-state index contributed by atoms with van der Waals surface area (Å²) in [6.45, 7) is 0. The first-order chi connectivity index (χ1) is 6.61. The summed E-state index contributed by atoms with van der Waals surface area (Å²) >= 11 is 5.17. The minimum absolute atomic E-state index is 0.872. The van der Waals surface area contributed by atoms with Crippen molar-refractivity contribution in [3.8, 4) is 0 Å². The zero-order valence-electron chi connectivity index (χ0n) is 8.77. The van der Waals surface area contributed by atoms with Crippen LogP contribution in [-0.2, 0) is 13.5 Å². The number of nitrogens with zero attached hydrogens (tertiary/aromatic N) is 5. The molecule has 0 aliphatic carbocycles. The molecule has 0 radical (unpaired) electrons. The Morgan fingerprint density at radius 3 is 2.71 bits per heavy atom. The third kappa shape index (κ3) is 3.02. The Hall–Kier alpha value is -1.04. The number of rotatable bonds is 4. The summed E-state index contributed by atoms with van der Waals surface area (Å²) in [4.78, 5) is 2.93. The highest BCUT2D eigenvalue weighted by molar-refractivity contribution is 7.80. The molecule has 0 atom stereocenters. The third-order valence-electron chi connectivity index (χ3n) is 2.00. The van der Waals surface area contributed by atoms with E-state index in [4.69, 9.17) is 12.2 Å². The summed E-state index contributed by atoms with van der Waals surface area (Å²) in [5, 5.41) is 11.2. The van der Waals surface area contributed by atoms with E-state index < -0.39 is 0 Å². The molecule has 0 aromatic carbocycles. The van der Waals surface area contributed by atoms with E-state index in [9.17, 15) is 0 Å². The molecule has 0 aliphatic rings. The van der Waals surface area contributed by atoms with E-state index in [1.54, 1.807) is 4.68 Å². The molecule has 5 nitrogen and oxygen atoms in total. The molecule has 78 valence electrons. The molecule has 1 aromatic heterocycles. The van der Waals surface area contributed by atoms with E-state index in [2.05, 4.69) is 15.5 Å². The smallest absolute Gasteiger partial charge is 0.150 e. The van der Waals surface area contributed by atoms with E-state index in [0.29, 0.717) is 0 Å². The molecule has 0 amide bonds. The van der Waals surface area contributed by atoms with Crippen LogP contribution < -0.4 is 0 Å². The van der Waals surface area contributed by atoms with E-state index in [1.807, 2.05) is 26.0 Å². The van der Waals surface area contributed by atoms with Crippen molar-refractivity contribution in [2.24, 2.45) is 7.05 Å². The highest BCUT2D eigenvalue weighted by Gasteiger charge is 2.03. The largest absolute Gasteiger partial charge is 0.372 e. The fraction of sp³-hybridized carbons (Fsp3) is 0.750. The van der Waals surface area contributed by atoms with Gasteiger partial charge in [0.2, 0.25) is 0 Å². The molecular weight excluding hydrogens is 198 g/mol. The van der Waals surface area contributed by atoms with Crippen molar-refractivity contribution >= 4 is 17.2 Å². The van der Waals surface area contributed by atoms with Crippen LogP contribution >= 0.6 is 12.2 Å². The number of aromatic nitrogens is 4.